The molecular formula is C13H12N3O2-. The Balaban J connectivity index is 1.95. The van der Waals surface area contributed by atoms with Gasteiger partial charge < -0.3 is 5.11 Å². The minimum atomic E-state index is -0.262. The predicted molar refractivity (Wildman–Crippen MR) is 66.1 cm³/mol. The van der Waals surface area contributed by atoms with Gasteiger partial charge in [0, 0.05) is 0 Å². The van der Waals surface area contributed by atoms with E-state index in [9.17, 15) is 10.3 Å². The van der Waals surface area contributed by atoms with Gasteiger partial charge in [-0.1, -0.05) is 35.0 Å². The first-order chi connectivity index (χ1) is 8.65. The first kappa shape index (κ1) is 11.0. The van der Waals surface area contributed by atoms with E-state index in [0.717, 1.165) is 16.5 Å². The van der Waals surface area contributed by atoms with Gasteiger partial charge in [-0.05, 0) is 25.1 Å². The molecule has 1 unspecified atom stereocenters. The van der Waals surface area contributed by atoms with Crippen LogP contribution in [-0.4, -0.2) is 22.1 Å². The van der Waals surface area contributed by atoms with Crippen LogP contribution in [0.4, 0.5) is 5.69 Å². The van der Waals surface area contributed by atoms with Crippen molar-refractivity contribution in [2.24, 2.45) is 5.10 Å². The highest BCUT2D eigenvalue weighted by Gasteiger charge is 2.33. The van der Waals surface area contributed by atoms with Gasteiger partial charge in [-0.3, -0.25) is 5.21 Å². The smallest absolute Gasteiger partial charge is 0.121 e. The number of anilines is 1. The number of hydrogen-bond acceptors (Lipinski definition) is 5. The number of nitrogens with zero attached hydrogens (tertiary/aromatic N) is 3. The van der Waals surface area contributed by atoms with E-state index in [1.807, 2.05) is 25.2 Å². The zero-order chi connectivity index (χ0) is 12.7. The van der Waals surface area contributed by atoms with Crippen molar-refractivity contribution in [2.75, 3.05) is 5.12 Å². The molecule has 1 aromatic carbocycles. The van der Waals surface area contributed by atoms with Crippen LogP contribution in [0, 0.1) is 0 Å². The normalized spacial score (nSPS) is 22.8. The minimum Gasteiger partial charge on any atom is -0.872 e. The molecule has 1 N–H and O–H groups in total. The van der Waals surface area contributed by atoms with Gasteiger partial charge in [0.05, 0.1) is 11.4 Å². The van der Waals surface area contributed by atoms with Crippen LogP contribution in [0.2, 0.25) is 0 Å². The lowest BCUT2D eigenvalue weighted by atomic mass is 10.0. The molecule has 5 heteroatoms. The van der Waals surface area contributed by atoms with E-state index < -0.39 is 0 Å². The molecule has 0 spiro atoms. The third kappa shape index (κ3) is 1.70. The van der Waals surface area contributed by atoms with Gasteiger partial charge in [-0.25, -0.2) is 0 Å². The van der Waals surface area contributed by atoms with Crippen molar-refractivity contribution in [3.8, 4) is 5.75 Å². The number of hydrogen-bond donors (Lipinski definition) is 1. The highest BCUT2D eigenvalue weighted by atomic mass is 16.6. The van der Waals surface area contributed by atoms with Gasteiger partial charge in [0.25, 0.3) is 0 Å². The van der Waals surface area contributed by atoms with Crippen LogP contribution >= 0.6 is 0 Å². The number of benzene rings is 1. The largest absolute Gasteiger partial charge is 0.872 e. The summed E-state index contributed by atoms with van der Waals surface area (Å²) in [5, 5.41) is 27.9. The van der Waals surface area contributed by atoms with Crippen LogP contribution in [0.5, 0.6) is 5.75 Å². The van der Waals surface area contributed by atoms with Crippen LogP contribution < -0.4 is 10.2 Å². The Kier molecular flexibility index (Phi) is 2.43. The molecule has 1 atom stereocenters. The lowest BCUT2D eigenvalue weighted by molar-refractivity contribution is -0.268. The number of allylic oxidation sites excluding steroid dienone is 2. The van der Waals surface area contributed by atoms with Gasteiger partial charge in [-0.2, -0.15) is 10.2 Å². The third-order valence-corrected chi connectivity index (χ3v) is 2.96. The molecule has 0 saturated carbocycles. The van der Waals surface area contributed by atoms with Gasteiger partial charge in [0.15, 0.2) is 0 Å². The van der Waals surface area contributed by atoms with Crippen LogP contribution in [0.1, 0.15) is 6.92 Å². The number of rotatable bonds is 1. The zero-order valence-electron chi connectivity index (χ0n) is 9.82. The third-order valence-electron chi connectivity index (χ3n) is 2.96. The van der Waals surface area contributed by atoms with Crippen LogP contribution in [0.15, 0.2) is 53.2 Å². The molecule has 5 nitrogen and oxygen atoms in total. The Morgan fingerprint density at radius 1 is 1.22 bits per heavy atom. The first-order valence-corrected chi connectivity index (χ1v) is 5.65. The zero-order valence-corrected chi connectivity index (χ0v) is 9.82. The highest BCUT2D eigenvalue weighted by Crippen LogP contribution is 2.27. The standard InChI is InChI=1S/C13H13N3O2/c1-9-2-7-12-13(8-9)16(18)15(14-12)10-3-5-11(17)6-4-10/h2-8,13,17-18H,1H3/p-1. The fraction of sp³-hybridized carbons (Fsp3) is 0.154. The van der Waals surface area contributed by atoms with Crippen molar-refractivity contribution < 1.29 is 10.3 Å². The lowest BCUT2D eigenvalue weighted by Crippen LogP contribution is -2.40. The molecule has 18 heavy (non-hydrogen) atoms. The summed E-state index contributed by atoms with van der Waals surface area (Å²) in [5.74, 6) is -0.0665. The molecule has 1 aliphatic carbocycles. The fourth-order valence-corrected chi connectivity index (χ4v) is 2.01. The number of hydrazine groups is 1. The molecule has 1 heterocycles. The van der Waals surface area contributed by atoms with Crippen molar-refractivity contribution >= 4 is 11.4 Å². The summed E-state index contributed by atoms with van der Waals surface area (Å²) < 4.78 is 0. The summed E-state index contributed by atoms with van der Waals surface area (Å²) in [6.07, 6.45) is 5.76. The maximum absolute atomic E-state index is 11.1. The van der Waals surface area contributed by atoms with E-state index in [-0.39, 0.29) is 11.8 Å². The van der Waals surface area contributed by atoms with Crippen LogP contribution in [0.25, 0.3) is 0 Å². The first-order valence-electron chi connectivity index (χ1n) is 5.65. The Morgan fingerprint density at radius 2 is 1.94 bits per heavy atom. The van der Waals surface area contributed by atoms with Crippen molar-refractivity contribution in [2.45, 2.75) is 13.0 Å². The number of fused-ring (bicyclic) bond motifs is 1. The summed E-state index contributed by atoms with van der Waals surface area (Å²) in [4.78, 5) is 0. The Labute approximate surface area is 104 Å². The average molecular weight is 242 g/mol. The van der Waals surface area contributed by atoms with Gasteiger partial charge in [0.2, 0.25) is 0 Å². The quantitative estimate of drug-likeness (QED) is 0.809. The number of hydroxylamine groups is 1. The monoisotopic (exact) mass is 242 g/mol. The predicted octanol–water partition coefficient (Wildman–Crippen LogP) is 1.43. The molecule has 0 bridgehead atoms. The second kappa shape index (κ2) is 3.97. The summed E-state index contributed by atoms with van der Waals surface area (Å²) in [6.45, 7) is 1.97. The second-order valence-electron chi connectivity index (χ2n) is 4.32. The summed E-state index contributed by atoms with van der Waals surface area (Å²) in [5.41, 5.74) is 2.50. The molecule has 0 aromatic heterocycles. The molecule has 0 saturated heterocycles. The van der Waals surface area contributed by atoms with Crippen molar-refractivity contribution in [1.29, 1.82) is 0 Å². The Hall–Kier alpha value is -2.11. The van der Waals surface area contributed by atoms with E-state index in [1.165, 1.54) is 17.3 Å². The van der Waals surface area contributed by atoms with Gasteiger partial charge in [0.1, 0.15) is 6.04 Å². The van der Waals surface area contributed by atoms with Crippen molar-refractivity contribution in [3.63, 3.8) is 0 Å². The fourth-order valence-electron chi connectivity index (χ4n) is 2.01. The molecule has 1 aromatic rings. The van der Waals surface area contributed by atoms with Gasteiger partial charge >= 0.3 is 0 Å². The topological polar surface area (TPSA) is 62.1 Å². The Morgan fingerprint density at radius 3 is 2.67 bits per heavy atom. The van der Waals surface area contributed by atoms with E-state index >= 15 is 0 Å². The molecule has 1 aliphatic heterocycles. The molecule has 0 amide bonds. The molecular weight excluding hydrogens is 230 g/mol. The van der Waals surface area contributed by atoms with E-state index in [1.54, 1.807) is 12.1 Å². The molecule has 0 fully saturated rings. The van der Waals surface area contributed by atoms with Crippen molar-refractivity contribution in [3.05, 3.63) is 48.1 Å². The molecule has 3 rings (SSSR count). The van der Waals surface area contributed by atoms with Crippen molar-refractivity contribution in [1.82, 2.24) is 5.17 Å². The Bertz CT molecular complexity index is 560. The van der Waals surface area contributed by atoms with E-state index in [4.69, 9.17) is 0 Å². The minimum absolute atomic E-state index is 0.0665. The lowest BCUT2D eigenvalue weighted by Gasteiger charge is -2.25. The van der Waals surface area contributed by atoms with Crippen LogP contribution in [-0.2, 0) is 0 Å². The highest BCUT2D eigenvalue weighted by molar-refractivity contribution is 6.03. The summed E-state index contributed by atoms with van der Waals surface area (Å²) >= 11 is 0. The van der Waals surface area contributed by atoms with Crippen LogP contribution in [0.3, 0.4) is 0 Å². The SMILES string of the molecule is CC1=CC2C(=NN(c3ccc([O-])cc3)N2O)C=C1. The second-order valence-corrected chi connectivity index (χ2v) is 4.32. The molecule has 92 valence electrons. The average Bonchev–Trinajstić information content (AvgIpc) is 2.68. The maximum Gasteiger partial charge on any atom is 0.121 e. The summed E-state index contributed by atoms with van der Waals surface area (Å²) in [6, 6.07) is 5.90. The number of hydrazone groups is 1. The molecule has 2 aliphatic rings. The van der Waals surface area contributed by atoms with Gasteiger partial charge in [-0.15, -0.1) is 5.75 Å². The maximum atomic E-state index is 11.1. The van der Waals surface area contributed by atoms with E-state index in [2.05, 4.69) is 5.10 Å². The summed E-state index contributed by atoms with van der Waals surface area (Å²) in [7, 11) is 0. The van der Waals surface area contributed by atoms with E-state index in [0.29, 0.717) is 5.69 Å². The molecule has 0 radical (unpaired) electrons.